The molecule has 3 aromatic heterocycles. The molecule has 0 aromatic carbocycles. The van der Waals surface area contributed by atoms with Crippen LogP contribution in [0.25, 0.3) is 11.0 Å². The quantitative estimate of drug-likeness (QED) is 0.706. The first kappa shape index (κ1) is 18.2. The molecule has 0 spiro atoms. The number of ether oxygens (including phenoxy) is 1. The molecule has 4 rings (SSSR count). The maximum Gasteiger partial charge on any atom is 0.274 e. The van der Waals surface area contributed by atoms with Crippen molar-refractivity contribution >= 4 is 16.9 Å². The largest absolute Gasteiger partial charge is 0.474 e. The molecular weight excluding hydrogens is 358 g/mol. The van der Waals surface area contributed by atoms with Gasteiger partial charge in [0.25, 0.3) is 11.5 Å². The average molecular weight is 381 g/mol. The molecule has 8 heteroatoms. The number of fused-ring (bicyclic) bond motifs is 1. The summed E-state index contributed by atoms with van der Waals surface area (Å²) in [6.07, 6.45) is 6.30. The van der Waals surface area contributed by atoms with Crippen LogP contribution < -0.4 is 15.6 Å². The van der Waals surface area contributed by atoms with Gasteiger partial charge in [-0.15, -0.1) is 0 Å². The smallest absolute Gasteiger partial charge is 0.274 e. The van der Waals surface area contributed by atoms with Gasteiger partial charge < -0.3 is 10.1 Å². The maximum absolute atomic E-state index is 12.8. The van der Waals surface area contributed by atoms with Gasteiger partial charge in [0.15, 0.2) is 5.65 Å². The van der Waals surface area contributed by atoms with Crippen molar-refractivity contribution in [1.29, 1.82) is 0 Å². The number of amides is 1. The number of nitrogens with one attached hydrogen (secondary N) is 2. The zero-order valence-corrected chi connectivity index (χ0v) is 16.0. The Morgan fingerprint density at radius 3 is 2.96 bits per heavy atom. The number of nitrogens with zero attached hydrogens (tertiary/aromatic N) is 3. The van der Waals surface area contributed by atoms with Crippen LogP contribution in [0.5, 0.6) is 5.88 Å². The highest BCUT2D eigenvalue weighted by Gasteiger charge is 2.20. The van der Waals surface area contributed by atoms with Crippen LogP contribution in [0.4, 0.5) is 0 Å². The molecule has 8 nitrogen and oxygen atoms in total. The highest BCUT2D eigenvalue weighted by molar-refractivity contribution is 6.05. The molecule has 1 aliphatic rings. The van der Waals surface area contributed by atoms with E-state index >= 15 is 0 Å². The lowest BCUT2D eigenvalue weighted by molar-refractivity contribution is 0.0951. The molecular formula is C20H23N5O3. The van der Waals surface area contributed by atoms with Crippen LogP contribution in [-0.4, -0.2) is 31.8 Å². The minimum atomic E-state index is -0.332. The highest BCUT2D eigenvalue weighted by atomic mass is 16.5. The number of aryl methyl sites for hydroxylation is 2. The Kier molecular flexibility index (Phi) is 4.85. The lowest BCUT2D eigenvalue weighted by Gasteiger charge is -2.15. The van der Waals surface area contributed by atoms with E-state index in [0.717, 1.165) is 18.4 Å². The van der Waals surface area contributed by atoms with Crippen LogP contribution >= 0.6 is 0 Å². The van der Waals surface area contributed by atoms with E-state index in [1.807, 2.05) is 12.1 Å². The van der Waals surface area contributed by atoms with Crippen molar-refractivity contribution in [3.8, 4) is 5.88 Å². The minimum Gasteiger partial charge on any atom is -0.474 e. The van der Waals surface area contributed by atoms with E-state index in [-0.39, 0.29) is 24.1 Å². The first-order valence-electron chi connectivity index (χ1n) is 9.48. The Morgan fingerprint density at radius 2 is 2.18 bits per heavy atom. The molecule has 1 amide bonds. The summed E-state index contributed by atoms with van der Waals surface area (Å²) >= 11 is 0. The van der Waals surface area contributed by atoms with Crippen LogP contribution in [0.2, 0.25) is 0 Å². The molecule has 3 aromatic rings. The number of aromatic amines is 1. The number of carbonyl (C=O) groups excluding carboxylic acids is 1. The third kappa shape index (κ3) is 3.49. The SMILES string of the molecule is Cc1cc(C(=O)NCc2cccnc2OC2CCCC2)c2c(=O)[nH]n(C)c2n1. The van der Waals surface area contributed by atoms with E-state index in [4.69, 9.17) is 4.74 Å². The minimum absolute atomic E-state index is 0.190. The van der Waals surface area contributed by atoms with Crippen molar-refractivity contribution in [3.05, 3.63) is 51.6 Å². The van der Waals surface area contributed by atoms with Crippen molar-refractivity contribution < 1.29 is 9.53 Å². The second-order valence-electron chi connectivity index (χ2n) is 7.18. The number of aromatic nitrogens is 4. The first-order valence-corrected chi connectivity index (χ1v) is 9.48. The van der Waals surface area contributed by atoms with Crippen molar-refractivity contribution in [1.82, 2.24) is 25.1 Å². The topological polar surface area (TPSA) is 102 Å². The predicted octanol–water partition coefficient (Wildman–Crippen LogP) is 2.22. The van der Waals surface area contributed by atoms with Crippen LogP contribution in [0.1, 0.15) is 47.3 Å². The molecule has 28 heavy (non-hydrogen) atoms. The normalized spacial score (nSPS) is 14.5. The Labute approximate surface area is 161 Å². The summed E-state index contributed by atoms with van der Waals surface area (Å²) in [6.45, 7) is 2.06. The van der Waals surface area contributed by atoms with E-state index in [1.165, 1.54) is 17.5 Å². The van der Waals surface area contributed by atoms with Crippen LogP contribution in [0.15, 0.2) is 29.2 Å². The summed E-state index contributed by atoms with van der Waals surface area (Å²) in [7, 11) is 1.69. The highest BCUT2D eigenvalue weighted by Crippen LogP contribution is 2.25. The first-order chi connectivity index (χ1) is 13.5. The summed E-state index contributed by atoms with van der Waals surface area (Å²) < 4.78 is 7.55. The molecule has 0 saturated heterocycles. The fourth-order valence-corrected chi connectivity index (χ4v) is 3.66. The molecule has 0 unspecified atom stereocenters. The summed E-state index contributed by atoms with van der Waals surface area (Å²) in [5.41, 5.74) is 1.92. The third-order valence-electron chi connectivity index (χ3n) is 5.06. The lowest BCUT2D eigenvalue weighted by Crippen LogP contribution is -2.25. The fraction of sp³-hybridized carbons (Fsp3) is 0.400. The van der Waals surface area contributed by atoms with Gasteiger partial charge in [-0.05, 0) is 44.7 Å². The molecule has 1 saturated carbocycles. The van der Waals surface area contributed by atoms with E-state index < -0.39 is 0 Å². The zero-order chi connectivity index (χ0) is 19.7. The van der Waals surface area contributed by atoms with Gasteiger partial charge >= 0.3 is 0 Å². The van der Waals surface area contributed by atoms with Gasteiger partial charge in [-0.1, -0.05) is 6.07 Å². The average Bonchev–Trinajstić information content (AvgIpc) is 3.28. The number of hydrogen-bond donors (Lipinski definition) is 2. The van der Waals surface area contributed by atoms with Crippen LogP contribution in [0.3, 0.4) is 0 Å². The summed E-state index contributed by atoms with van der Waals surface area (Å²) in [5, 5.41) is 5.83. The van der Waals surface area contributed by atoms with E-state index in [1.54, 1.807) is 26.2 Å². The Hall–Kier alpha value is -3.16. The number of rotatable bonds is 5. The van der Waals surface area contributed by atoms with Gasteiger partial charge in [0.05, 0.1) is 10.9 Å². The van der Waals surface area contributed by atoms with Gasteiger partial charge in [0.1, 0.15) is 6.10 Å². The number of carbonyl (C=O) groups is 1. The lowest BCUT2D eigenvalue weighted by atomic mass is 10.1. The predicted molar refractivity (Wildman–Crippen MR) is 104 cm³/mol. The van der Waals surface area contributed by atoms with Crippen molar-refractivity contribution in [2.45, 2.75) is 45.3 Å². The summed E-state index contributed by atoms with van der Waals surface area (Å²) in [5.74, 6) is 0.228. The van der Waals surface area contributed by atoms with Crippen molar-refractivity contribution in [2.75, 3.05) is 0 Å². The molecule has 0 aliphatic heterocycles. The molecule has 3 heterocycles. The van der Waals surface area contributed by atoms with Crippen LogP contribution in [-0.2, 0) is 13.6 Å². The summed E-state index contributed by atoms with van der Waals surface area (Å²) in [6, 6.07) is 5.34. The van der Waals surface area contributed by atoms with Crippen LogP contribution in [0, 0.1) is 6.92 Å². The van der Waals surface area contributed by atoms with Crippen molar-refractivity contribution in [3.63, 3.8) is 0 Å². The van der Waals surface area contributed by atoms with E-state index in [9.17, 15) is 9.59 Å². The Bertz CT molecular complexity index is 1080. The molecule has 1 aliphatic carbocycles. The molecule has 0 radical (unpaired) electrons. The van der Waals surface area contributed by atoms with Gasteiger partial charge in [-0.25, -0.2) is 9.97 Å². The Morgan fingerprint density at radius 1 is 1.39 bits per heavy atom. The molecule has 146 valence electrons. The molecule has 1 fully saturated rings. The number of H-pyrrole nitrogens is 1. The third-order valence-corrected chi connectivity index (χ3v) is 5.06. The Balaban J connectivity index is 1.56. The van der Waals surface area contributed by atoms with Crippen molar-refractivity contribution in [2.24, 2.45) is 7.05 Å². The van der Waals surface area contributed by atoms with Gasteiger partial charge in [-0.2, -0.15) is 0 Å². The zero-order valence-electron chi connectivity index (χ0n) is 16.0. The maximum atomic E-state index is 12.8. The number of hydrogen-bond acceptors (Lipinski definition) is 5. The van der Waals surface area contributed by atoms with Gasteiger partial charge in [0.2, 0.25) is 5.88 Å². The van der Waals surface area contributed by atoms with Gasteiger partial charge in [-0.3, -0.25) is 19.4 Å². The monoisotopic (exact) mass is 381 g/mol. The van der Waals surface area contributed by atoms with E-state index in [2.05, 4.69) is 20.4 Å². The molecule has 0 atom stereocenters. The second kappa shape index (κ2) is 7.46. The fourth-order valence-electron chi connectivity index (χ4n) is 3.66. The summed E-state index contributed by atoms with van der Waals surface area (Å²) in [4.78, 5) is 33.8. The van der Waals surface area contributed by atoms with Gasteiger partial charge in [0, 0.05) is 31.0 Å². The van der Waals surface area contributed by atoms with E-state index in [0.29, 0.717) is 28.2 Å². The second-order valence-corrected chi connectivity index (χ2v) is 7.18. The number of pyridine rings is 2. The standard InChI is InChI=1S/C20H23N5O3/c1-12-10-15(16-17(23-12)25(2)24-19(16)27)18(26)22-11-13-6-5-9-21-20(13)28-14-7-3-4-8-14/h5-6,9-10,14H,3-4,7-8,11H2,1-2H3,(H,22,26)(H,24,27). The molecule has 0 bridgehead atoms. The molecule has 2 N–H and O–H groups in total.